The van der Waals surface area contributed by atoms with Gasteiger partial charge in [0.05, 0.1) is 23.2 Å². The molecule has 8 heteroatoms. The number of fused-ring (bicyclic) bond motifs is 1. The lowest BCUT2D eigenvalue weighted by Gasteiger charge is -2.15. The number of carbonyl (C=O) groups is 2. The summed E-state index contributed by atoms with van der Waals surface area (Å²) in [5, 5.41) is 6.53. The van der Waals surface area contributed by atoms with E-state index in [1.807, 2.05) is 47.8 Å². The molecule has 4 aromatic rings. The summed E-state index contributed by atoms with van der Waals surface area (Å²) in [7, 11) is 1.35. The molecular formula is C23H18N4O3S. The van der Waals surface area contributed by atoms with E-state index in [1.165, 1.54) is 7.11 Å². The number of anilines is 1. The van der Waals surface area contributed by atoms with Crippen molar-refractivity contribution < 1.29 is 14.3 Å². The molecule has 0 saturated heterocycles. The number of esters is 1. The Kier molecular flexibility index (Phi) is 4.83. The molecule has 1 aliphatic heterocycles. The summed E-state index contributed by atoms with van der Waals surface area (Å²) in [6.45, 7) is 0.507. The molecule has 7 nitrogen and oxygen atoms in total. The van der Waals surface area contributed by atoms with Crippen LogP contribution in [-0.4, -0.2) is 40.3 Å². The van der Waals surface area contributed by atoms with Crippen LogP contribution >= 0.6 is 11.3 Å². The van der Waals surface area contributed by atoms with E-state index in [1.54, 1.807) is 39.1 Å². The first kappa shape index (κ1) is 19.2. The van der Waals surface area contributed by atoms with Gasteiger partial charge in [0.1, 0.15) is 0 Å². The topological polar surface area (TPSA) is 77.3 Å². The zero-order valence-electron chi connectivity index (χ0n) is 16.7. The molecule has 2 aromatic carbocycles. The second kappa shape index (κ2) is 7.81. The monoisotopic (exact) mass is 430 g/mol. The Morgan fingerprint density at radius 1 is 1.06 bits per heavy atom. The predicted molar refractivity (Wildman–Crippen MR) is 118 cm³/mol. The highest BCUT2D eigenvalue weighted by atomic mass is 32.1. The smallest absolute Gasteiger partial charge is 0.337 e. The number of benzene rings is 2. The number of carbonyl (C=O) groups excluding carboxylic acids is 2. The van der Waals surface area contributed by atoms with Crippen LogP contribution in [0.1, 0.15) is 26.5 Å². The first-order chi connectivity index (χ1) is 15.2. The fourth-order valence-corrected chi connectivity index (χ4v) is 4.39. The Morgan fingerprint density at radius 2 is 1.90 bits per heavy atom. The van der Waals surface area contributed by atoms with Gasteiger partial charge in [-0.25, -0.2) is 14.5 Å². The highest BCUT2D eigenvalue weighted by Gasteiger charge is 2.30. The lowest BCUT2D eigenvalue weighted by molar-refractivity contribution is 0.0600. The molecule has 154 valence electrons. The molecule has 0 spiro atoms. The summed E-state index contributed by atoms with van der Waals surface area (Å²) < 4.78 is 6.50. The van der Waals surface area contributed by atoms with E-state index in [9.17, 15) is 9.59 Å². The Labute approximate surface area is 182 Å². The number of aromatic nitrogens is 3. The Bertz CT molecular complexity index is 1270. The number of methoxy groups -OCH3 is 1. The van der Waals surface area contributed by atoms with E-state index in [4.69, 9.17) is 4.74 Å². The summed E-state index contributed by atoms with van der Waals surface area (Å²) in [6.07, 6.45) is 0.656. The van der Waals surface area contributed by atoms with Gasteiger partial charge in [-0.15, -0.1) is 16.4 Å². The third-order valence-corrected chi connectivity index (χ3v) is 6.05. The van der Waals surface area contributed by atoms with Crippen LogP contribution in [0, 0.1) is 0 Å². The fourth-order valence-electron chi connectivity index (χ4n) is 3.70. The number of rotatable bonds is 4. The van der Waals surface area contributed by atoms with Crippen LogP contribution in [0.2, 0.25) is 0 Å². The summed E-state index contributed by atoms with van der Waals surface area (Å²) in [6, 6.07) is 18.8. The van der Waals surface area contributed by atoms with Crippen molar-refractivity contribution in [3.05, 3.63) is 83.0 Å². The maximum atomic E-state index is 13.4. The zero-order valence-corrected chi connectivity index (χ0v) is 17.5. The number of hydrogen-bond acceptors (Lipinski definition) is 6. The van der Waals surface area contributed by atoms with Crippen molar-refractivity contribution in [1.82, 2.24) is 14.8 Å². The normalized spacial score (nSPS) is 12.6. The molecule has 0 aliphatic carbocycles. The molecule has 2 aromatic heterocycles. The van der Waals surface area contributed by atoms with Gasteiger partial charge in [0.25, 0.3) is 5.91 Å². The summed E-state index contributed by atoms with van der Waals surface area (Å²) in [5.41, 5.74) is 3.01. The van der Waals surface area contributed by atoms with Gasteiger partial charge in [-0.05, 0) is 53.8 Å². The van der Waals surface area contributed by atoms with Crippen LogP contribution < -0.4 is 4.90 Å². The van der Waals surface area contributed by atoms with Crippen LogP contribution in [-0.2, 0) is 11.2 Å². The molecule has 0 radical (unpaired) electrons. The Morgan fingerprint density at radius 3 is 2.65 bits per heavy atom. The van der Waals surface area contributed by atoms with Crippen LogP contribution in [0.3, 0.4) is 0 Å². The van der Waals surface area contributed by atoms with Gasteiger partial charge in [0.15, 0.2) is 5.82 Å². The SMILES string of the molecule is COC(=O)c1ccc2c(c1)CCN2C(=O)c1nc(-c2cccs2)n(-c2ccccc2)n1. The standard InChI is InChI=1S/C23H18N4O3S/c1-30-23(29)16-9-10-18-15(14-16)11-12-26(18)22(28)20-24-21(19-8-5-13-31-19)27(25-20)17-6-3-2-4-7-17/h2-10,13-14H,11-12H2,1H3. The van der Waals surface area contributed by atoms with Gasteiger partial charge in [0.2, 0.25) is 5.82 Å². The summed E-state index contributed by atoms with van der Waals surface area (Å²) in [4.78, 5) is 32.4. The zero-order chi connectivity index (χ0) is 21.4. The van der Waals surface area contributed by atoms with Gasteiger partial charge >= 0.3 is 5.97 Å². The fraction of sp³-hybridized carbons (Fsp3) is 0.130. The number of hydrogen-bond donors (Lipinski definition) is 0. The number of para-hydroxylation sites is 1. The maximum Gasteiger partial charge on any atom is 0.337 e. The van der Waals surface area contributed by atoms with Crippen LogP contribution in [0.15, 0.2) is 66.0 Å². The average molecular weight is 430 g/mol. The molecule has 0 saturated carbocycles. The molecular weight excluding hydrogens is 412 g/mol. The third-order valence-electron chi connectivity index (χ3n) is 5.18. The molecule has 0 unspecified atom stereocenters. The quantitative estimate of drug-likeness (QED) is 0.458. The molecule has 0 fully saturated rings. The Balaban J connectivity index is 1.52. The molecule has 5 rings (SSSR count). The number of thiophene rings is 1. The van der Waals surface area contributed by atoms with Crippen LogP contribution in [0.4, 0.5) is 5.69 Å². The molecule has 3 heterocycles. The van der Waals surface area contributed by atoms with Crippen molar-refractivity contribution in [2.45, 2.75) is 6.42 Å². The van der Waals surface area contributed by atoms with Crippen molar-refractivity contribution in [2.24, 2.45) is 0 Å². The molecule has 0 atom stereocenters. The van der Waals surface area contributed by atoms with Crippen molar-refractivity contribution in [1.29, 1.82) is 0 Å². The minimum absolute atomic E-state index is 0.136. The Hall–Kier alpha value is -3.78. The average Bonchev–Trinajstić information content (AvgIpc) is 3.57. The minimum Gasteiger partial charge on any atom is -0.465 e. The van der Waals surface area contributed by atoms with Gasteiger partial charge in [-0.1, -0.05) is 24.3 Å². The maximum absolute atomic E-state index is 13.4. The van der Waals surface area contributed by atoms with Crippen molar-refractivity contribution >= 4 is 28.9 Å². The number of ether oxygens (including phenoxy) is 1. The largest absolute Gasteiger partial charge is 0.465 e. The third kappa shape index (κ3) is 3.40. The second-order valence-corrected chi connectivity index (χ2v) is 7.97. The van der Waals surface area contributed by atoms with Gasteiger partial charge in [-0.2, -0.15) is 0 Å². The molecule has 0 bridgehead atoms. The number of amides is 1. The summed E-state index contributed by atoms with van der Waals surface area (Å²) >= 11 is 1.55. The van der Waals surface area contributed by atoms with Crippen molar-refractivity contribution in [2.75, 3.05) is 18.6 Å². The van der Waals surface area contributed by atoms with E-state index >= 15 is 0 Å². The van der Waals surface area contributed by atoms with E-state index < -0.39 is 5.97 Å². The highest BCUT2D eigenvalue weighted by molar-refractivity contribution is 7.13. The van der Waals surface area contributed by atoms with E-state index in [2.05, 4.69) is 10.1 Å². The highest BCUT2D eigenvalue weighted by Crippen LogP contribution is 2.31. The van der Waals surface area contributed by atoms with Gasteiger partial charge in [-0.3, -0.25) is 4.79 Å². The molecule has 1 aliphatic rings. The van der Waals surface area contributed by atoms with Gasteiger partial charge < -0.3 is 9.64 Å². The number of nitrogens with zero attached hydrogens (tertiary/aromatic N) is 4. The second-order valence-electron chi connectivity index (χ2n) is 7.03. The van der Waals surface area contributed by atoms with Crippen molar-refractivity contribution in [3.63, 3.8) is 0 Å². The molecule has 0 N–H and O–H groups in total. The van der Waals surface area contributed by atoms with Gasteiger partial charge in [0, 0.05) is 12.2 Å². The van der Waals surface area contributed by atoms with E-state index in [0.29, 0.717) is 24.4 Å². The van der Waals surface area contributed by atoms with Crippen molar-refractivity contribution in [3.8, 4) is 16.4 Å². The van der Waals surface area contributed by atoms with E-state index in [-0.39, 0.29) is 11.7 Å². The molecule has 31 heavy (non-hydrogen) atoms. The van der Waals surface area contributed by atoms with Crippen LogP contribution in [0.25, 0.3) is 16.4 Å². The lowest BCUT2D eigenvalue weighted by atomic mass is 10.1. The van der Waals surface area contributed by atoms with Crippen LogP contribution in [0.5, 0.6) is 0 Å². The van der Waals surface area contributed by atoms with E-state index in [0.717, 1.165) is 21.8 Å². The first-order valence-electron chi connectivity index (χ1n) is 9.75. The first-order valence-corrected chi connectivity index (χ1v) is 10.6. The lowest BCUT2D eigenvalue weighted by Crippen LogP contribution is -2.30. The predicted octanol–water partition coefficient (Wildman–Crippen LogP) is 3.99. The minimum atomic E-state index is -0.392. The summed E-state index contributed by atoms with van der Waals surface area (Å²) in [5.74, 6) is 0.107. The molecule has 1 amide bonds.